The lowest BCUT2D eigenvalue weighted by molar-refractivity contribution is -0.664. The number of fused-ring (bicyclic) bond motifs is 1. The number of nitrogens with one attached hydrogen (secondary N) is 1. The molecule has 3 aromatic rings. The van der Waals surface area contributed by atoms with Crippen LogP contribution in [0, 0.1) is 6.92 Å². The maximum Gasteiger partial charge on any atom is 0.487 e. The van der Waals surface area contributed by atoms with Crippen molar-refractivity contribution in [1.29, 1.82) is 0 Å². The molecule has 2 aromatic heterocycles. The zero-order valence-corrected chi connectivity index (χ0v) is 9.60. The first-order valence-corrected chi connectivity index (χ1v) is 5.32. The van der Waals surface area contributed by atoms with Crippen molar-refractivity contribution >= 4 is 11.1 Å². The lowest BCUT2D eigenvalue weighted by Gasteiger charge is -1.97. The highest BCUT2D eigenvalue weighted by atomic mass is 16.4. The molecule has 5 nitrogen and oxygen atoms in total. The highest BCUT2D eigenvalue weighted by Gasteiger charge is 2.20. The Bertz CT molecular complexity index is 749. The Morgan fingerprint density at radius 3 is 2.94 bits per heavy atom. The summed E-state index contributed by atoms with van der Waals surface area (Å²) in [5, 5.41) is 0. The van der Waals surface area contributed by atoms with Crippen molar-refractivity contribution in [3.8, 4) is 5.82 Å². The van der Waals surface area contributed by atoms with Crippen LogP contribution >= 0.6 is 0 Å². The lowest BCUT2D eigenvalue weighted by atomic mass is 10.2. The highest BCUT2D eigenvalue weighted by Crippen LogP contribution is 2.18. The first-order chi connectivity index (χ1) is 8.18. The number of rotatable bonds is 1. The van der Waals surface area contributed by atoms with E-state index in [-0.39, 0.29) is 5.76 Å². The average Bonchev–Trinajstić information content (AvgIpc) is 2.82. The summed E-state index contributed by atoms with van der Waals surface area (Å²) in [7, 11) is 1.87. The van der Waals surface area contributed by atoms with Crippen LogP contribution in [0.25, 0.3) is 16.9 Å². The van der Waals surface area contributed by atoms with Gasteiger partial charge < -0.3 is 4.42 Å². The monoisotopic (exact) mass is 230 g/mol. The number of imidazole rings is 1. The largest absolute Gasteiger partial charge is 0.487 e. The second-order valence-corrected chi connectivity index (χ2v) is 4.03. The van der Waals surface area contributed by atoms with Gasteiger partial charge in [0, 0.05) is 0 Å². The summed E-state index contributed by atoms with van der Waals surface area (Å²) in [5.41, 5.74) is 2.43. The Labute approximate surface area is 96.9 Å². The molecule has 0 saturated heterocycles. The molecule has 0 aliphatic rings. The smallest absolute Gasteiger partial charge is 0.394 e. The fraction of sp³-hybridized carbons (Fsp3) is 0.167. The number of aromatic nitrogens is 3. The van der Waals surface area contributed by atoms with Crippen molar-refractivity contribution in [1.82, 2.24) is 9.55 Å². The number of aromatic amines is 1. The van der Waals surface area contributed by atoms with Gasteiger partial charge in [0.15, 0.2) is 17.4 Å². The van der Waals surface area contributed by atoms with E-state index in [2.05, 4.69) is 4.98 Å². The van der Waals surface area contributed by atoms with E-state index in [9.17, 15) is 4.79 Å². The molecule has 0 saturated carbocycles. The van der Waals surface area contributed by atoms with E-state index in [1.54, 1.807) is 23.2 Å². The van der Waals surface area contributed by atoms with Crippen LogP contribution < -0.4 is 10.3 Å². The Morgan fingerprint density at radius 1 is 1.41 bits per heavy atom. The summed E-state index contributed by atoms with van der Waals surface area (Å²) in [6, 6.07) is 5.63. The van der Waals surface area contributed by atoms with Gasteiger partial charge >= 0.3 is 5.76 Å². The van der Waals surface area contributed by atoms with Gasteiger partial charge in [0.05, 0.1) is 7.05 Å². The Kier molecular flexibility index (Phi) is 1.95. The van der Waals surface area contributed by atoms with Crippen molar-refractivity contribution in [2.24, 2.45) is 7.05 Å². The molecule has 0 amide bonds. The summed E-state index contributed by atoms with van der Waals surface area (Å²) in [5.74, 6) is 0.382. The van der Waals surface area contributed by atoms with Crippen LogP contribution in [-0.4, -0.2) is 9.55 Å². The average molecular weight is 230 g/mol. The van der Waals surface area contributed by atoms with Gasteiger partial charge in [-0.05, 0) is 18.6 Å². The number of aryl methyl sites for hydroxylation is 2. The number of hydrogen-bond donors (Lipinski definition) is 1. The predicted molar refractivity (Wildman–Crippen MR) is 62.1 cm³/mol. The van der Waals surface area contributed by atoms with E-state index in [4.69, 9.17) is 4.42 Å². The number of para-hydroxylation sites is 1. The molecule has 0 radical (unpaired) electrons. The first-order valence-electron chi connectivity index (χ1n) is 5.32. The fourth-order valence-corrected chi connectivity index (χ4v) is 2.05. The molecule has 1 N–H and O–H groups in total. The van der Waals surface area contributed by atoms with Gasteiger partial charge in [-0.25, -0.2) is 9.36 Å². The van der Waals surface area contributed by atoms with Gasteiger partial charge in [0.2, 0.25) is 0 Å². The summed E-state index contributed by atoms with van der Waals surface area (Å²) < 4.78 is 8.65. The zero-order valence-electron chi connectivity index (χ0n) is 9.60. The SMILES string of the molecule is Cc1cccc2oc(=O)n(-c3c[nH]c[n+]3C)c12. The molecule has 0 spiro atoms. The predicted octanol–water partition coefficient (Wildman–Crippen LogP) is 1.04. The summed E-state index contributed by atoms with van der Waals surface area (Å²) in [6.07, 6.45) is 3.54. The summed E-state index contributed by atoms with van der Waals surface area (Å²) >= 11 is 0. The molecular weight excluding hydrogens is 218 g/mol. The molecule has 0 aliphatic heterocycles. The van der Waals surface area contributed by atoms with Gasteiger partial charge in [-0.15, -0.1) is 0 Å². The molecular formula is C12H12N3O2+. The zero-order chi connectivity index (χ0) is 12.0. The molecule has 0 bridgehead atoms. The Hall–Kier alpha value is -2.30. The second kappa shape index (κ2) is 3.35. The summed E-state index contributed by atoms with van der Waals surface area (Å²) in [4.78, 5) is 14.9. The fourth-order valence-electron chi connectivity index (χ4n) is 2.05. The molecule has 2 heterocycles. The third-order valence-corrected chi connectivity index (χ3v) is 2.88. The molecule has 1 aromatic carbocycles. The normalized spacial score (nSPS) is 11.2. The number of nitrogens with zero attached hydrogens (tertiary/aromatic N) is 2. The van der Waals surface area contributed by atoms with Crippen molar-refractivity contribution in [2.45, 2.75) is 6.92 Å². The van der Waals surface area contributed by atoms with E-state index in [0.717, 1.165) is 16.9 Å². The third-order valence-electron chi connectivity index (χ3n) is 2.88. The van der Waals surface area contributed by atoms with Gasteiger partial charge in [-0.3, -0.25) is 4.98 Å². The minimum absolute atomic E-state index is 0.371. The number of H-pyrrole nitrogens is 1. The quantitative estimate of drug-likeness (QED) is 0.635. The Balaban J connectivity index is 2.48. The van der Waals surface area contributed by atoms with E-state index >= 15 is 0 Å². The van der Waals surface area contributed by atoms with E-state index < -0.39 is 0 Å². The van der Waals surface area contributed by atoms with Crippen LogP contribution in [0.3, 0.4) is 0 Å². The first kappa shape index (κ1) is 9.89. The van der Waals surface area contributed by atoms with Crippen LogP contribution in [0.5, 0.6) is 0 Å². The number of oxazole rings is 1. The van der Waals surface area contributed by atoms with Crippen LogP contribution in [0.2, 0.25) is 0 Å². The lowest BCUT2D eigenvalue weighted by Crippen LogP contribution is -2.33. The van der Waals surface area contributed by atoms with Crippen molar-refractivity contribution in [3.63, 3.8) is 0 Å². The highest BCUT2D eigenvalue weighted by molar-refractivity contribution is 5.78. The molecule has 5 heteroatoms. The van der Waals surface area contributed by atoms with Crippen molar-refractivity contribution < 1.29 is 8.98 Å². The maximum absolute atomic E-state index is 11.9. The van der Waals surface area contributed by atoms with E-state index in [0.29, 0.717) is 5.58 Å². The van der Waals surface area contributed by atoms with Gasteiger partial charge in [0.25, 0.3) is 5.82 Å². The van der Waals surface area contributed by atoms with Gasteiger partial charge in [0.1, 0.15) is 6.20 Å². The molecule has 0 unspecified atom stereocenters. The van der Waals surface area contributed by atoms with Gasteiger partial charge in [-0.1, -0.05) is 12.1 Å². The van der Waals surface area contributed by atoms with Crippen molar-refractivity contribution in [3.05, 3.63) is 46.8 Å². The van der Waals surface area contributed by atoms with Crippen LogP contribution in [0.15, 0.2) is 39.9 Å². The minimum atomic E-state index is -0.371. The van der Waals surface area contributed by atoms with Gasteiger partial charge in [-0.2, -0.15) is 4.57 Å². The number of benzene rings is 1. The maximum atomic E-state index is 11.9. The topological polar surface area (TPSA) is 54.8 Å². The molecule has 86 valence electrons. The molecule has 0 atom stereocenters. The van der Waals surface area contributed by atoms with Crippen LogP contribution in [-0.2, 0) is 7.05 Å². The molecule has 17 heavy (non-hydrogen) atoms. The molecule has 0 fully saturated rings. The third kappa shape index (κ3) is 1.32. The molecule has 3 rings (SSSR count). The van der Waals surface area contributed by atoms with Crippen LogP contribution in [0.4, 0.5) is 0 Å². The van der Waals surface area contributed by atoms with E-state index in [1.165, 1.54) is 0 Å². The Morgan fingerprint density at radius 2 is 2.24 bits per heavy atom. The minimum Gasteiger partial charge on any atom is -0.394 e. The van der Waals surface area contributed by atoms with Crippen molar-refractivity contribution in [2.75, 3.05) is 0 Å². The summed E-state index contributed by atoms with van der Waals surface area (Å²) in [6.45, 7) is 1.96. The van der Waals surface area contributed by atoms with Crippen LogP contribution in [0.1, 0.15) is 5.56 Å². The molecule has 0 aliphatic carbocycles. The number of hydrogen-bond acceptors (Lipinski definition) is 2. The second-order valence-electron chi connectivity index (χ2n) is 4.03. The van der Waals surface area contributed by atoms with E-state index in [1.807, 2.05) is 30.7 Å². The standard InChI is InChI=1S/C12H11N3O2/c1-8-4-3-5-9-11(8)15(12(16)17-9)10-6-13-7-14(10)2/h3-7H,1-2H3/p+1.